The van der Waals surface area contributed by atoms with Crippen LogP contribution in [0.3, 0.4) is 0 Å². The average Bonchev–Trinajstić information content (AvgIpc) is 2.89. The fourth-order valence-electron chi connectivity index (χ4n) is 2.15. The van der Waals surface area contributed by atoms with Crippen molar-refractivity contribution in [3.8, 4) is 0 Å². The molecule has 1 unspecified atom stereocenters. The van der Waals surface area contributed by atoms with Gasteiger partial charge in [-0.3, -0.25) is 0 Å². The number of aryl methyl sites for hydroxylation is 2. The van der Waals surface area contributed by atoms with Gasteiger partial charge in [0.1, 0.15) is 10.7 Å². The SMILES string of the molecule is CCc1sc(C(C)Nc2ccc(S(=O)(=O)NC)cn2)cc1C. The lowest BCUT2D eigenvalue weighted by Crippen LogP contribution is -2.18. The molecular weight excluding hydrogens is 318 g/mol. The van der Waals surface area contributed by atoms with E-state index in [9.17, 15) is 8.42 Å². The van der Waals surface area contributed by atoms with E-state index in [4.69, 9.17) is 0 Å². The molecule has 0 saturated carbocycles. The number of nitrogens with one attached hydrogen (secondary N) is 2. The maximum Gasteiger partial charge on any atom is 0.241 e. The minimum atomic E-state index is -3.44. The van der Waals surface area contributed by atoms with Crippen molar-refractivity contribution < 1.29 is 8.42 Å². The first kappa shape index (κ1) is 16.9. The monoisotopic (exact) mass is 339 g/mol. The summed E-state index contributed by atoms with van der Waals surface area (Å²) in [4.78, 5) is 6.99. The third-order valence-electron chi connectivity index (χ3n) is 3.47. The Kier molecular flexibility index (Phi) is 5.20. The van der Waals surface area contributed by atoms with Gasteiger partial charge in [0.2, 0.25) is 10.0 Å². The van der Waals surface area contributed by atoms with Crippen LogP contribution in [-0.4, -0.2) is 20.4 Å². The van der Waals surface area contributed by atoms with Gasteiger partial charge in [0.05, 0.1) is 6.04 Å². The highest BCUT2D eigenvalue weighted by Crippen LogP contribution is 2.29. The molecule has 2 rings (SSSR count). The fourth-order valence-corrected chi connectivity index (χ4v) is 3.94. The molecule has 0 aliphatic rings. The second-order valence-electron chi connectivity index (χ2n) is 5.06. The standard InChI is InChI=1S/C15H21N3O2S2/c1-5-13-10(2)8-14(21-13)11(3)18-15-7-6-12(9-17-15)22(19,20)16-4/h6-9,11,16H,5H2,1-4H3,(H,17,18). The second-order valence-corrected chi connectivity index (χ2v) is 8.12. The molecule has 0 aliphatic heterocycles. The van der Waals surface area contributed by atoms with Crippen molar-refractivity contribution in [1.82, 2.24) is 9.71 Å². The first-order valence-corrected chi connectivity index (χ1v) is 9.42. The summed E-state index contributed by atoms with van der Waals surface area (Å²) in [7, 11) is -2.06. The first-order chi connectivity index (χ1) is 10.4. The molecule has 5 nitrogen and oxygen atoms in total. The molecule has 0 aromatic carbocycles. The molecule has 22 heavy (non-hydrogen) atoms. The summed E-state index contributed by atoms with van der Waals surface area (Å²) in [6.07, 6.45) is 2.40. The minimum Gasteiger partial charge on any atom is -0.363 e. The molecule has 2 aromatic rings. The molecule has 2 aromatic heterocycles. The molecule has 0 fully saturated rings. The maximum atomic E-state index is 11.7. The molecule has 0 aliphatic carbocycles. The Labute approximate surface area is 135 Å². The number of nitrogens with zero attached hydrogens (tertiary/aromatic N) is 1. The van der Waals surface area contributed by atoms with Crippen LogP contribution in [0.2, 0.25) is 0 Å². The molecule has 0 radical (unpaired) electrons. The van der Waals surface area contributed by atoms with Crippen LogP contribution in [0.25, 0.3) is 0 Å². The quantitative estimate of drug-likeness (QED) is 0.848. The Balaban J connectivity index is 2.13. The lowest BCUT2D eigenvalue weighted by atomic mass is 10.2. The van der Waals surface area contributed by atoms with Gasteiger partial charge in [-0.1, -0.05) is 6.92 Å². The van der Waals surface area contributed by atoms with Crippen LogP contribution in [0.1, 0.15) is 35.2 Å². The van der Waals surface area contributed by atoms with Gasteiger partial charge in [0.15, 0.2) is 0 Å². The van der Waals surface area contributed by atoms with Gasteiger partial charge in [-0.2, -0.15) is 0 Å². The van der Waals surface area contributed by atoms with E-state index in [1.807, 2.05) is 0 Å². The van der Waals surface area contributed by atoms with Gasteiger partial charge in [0, 0.05) is 16.0 Å². The zero-order valence-electron chi connectivity index (χ0n) is 13.2. The van der Waals surface area contributed by atoms with Crippen LogP contribution in [0.15, 0.2) is 29.3 Å². The highest BCUT2D eigenvalue weighted by Gasteiger charge is 2.14. The van der Waals surface area contributed by atoms with Crippen LogP contribution in [0.5, 0.6) is 0 Å². The number of pyridine rings is 1. The highest BCUT2D eigenvalue weighted by molar-refractivity contribution is 7.89. The van der Waals surface area contributed by atoms with Crippen LogP contribution in [-0.2, 0) is 16.4 Å². The molecule has 0 bridgehead atoms. The van der Waals surface area contributed by atoms with Crippen LogP contribution < -0.4 is 10.0 Å². The summed E-state index contributed by atoms with van der Waals surface area (Å²) in [5.41, 5.74) is 1.32. The number of anilines is 1. The second kappa shape index (κ2) is 6.76. The van der Waals surface area contributed by atoms with Crippen molar-refractivity contribution in [3.63, 3.8) is 0 Å². The molecule has 120 valence electrons. The molecular formula is C15H21N3O2S2. The van der Waals surface area contributed by atoms with Gasteiger partial charge in [0.25, 0.3) is 0 Å². The molecule has 1 atom stereocenters. The Bertz CT molecular complexity index is 737. The largest absolute Gasteiger partial charge is 0.363 e. The number of sulfonamides is 1. The average molecular weight is 339 g/mol. The third kappa shape index (κ3) is 3.66. The molecule has 0 amide bonds. The van der Waals surface area contributed by atoms with Crippen molar-refractivity contribution in [3.05, 3.63) is 39.7 Å². The van der Waals surface area contributed by atoms with E-state index in [1.165, 1.54) is 28.6 Å². The summed E-state index contributed by atoms with van der Waals surface area (Å²) in [5.74, 6) is 0.659. The summed E-state index contributed by atoms with van der Waals surface area (Å²) in [6.45, 7) is 6.36. The van der Waals surface area contributed by atoms with Crippen LogP contribution >= 0.6 is 11.3 Å². The maximum absolute atomic E-state index is 11.7. The van der Waals surface area contributed by atoms with E-state index in [0.717, 1.165) is 6.42 Å². The van der Waals surface area contributed by atoms with Crippen molar-refractivity contribution in [2.75, 3.05) is 12.4 Å². The van der Waals surface area contributed by atoms with Gasteiger partial charge in [-0.15, -0.1) is 11.3 Å². The number of thiophene rings is 1. The van der Waals surface area contributed by atoms with E-state index >= 15 is 0 Å². The zero-order valence-corrected chi connectivity index (χ0v) is 14.8. The van der Waals surface area contributed by atoms with Gasteiger partial charge < -0.3 is 5.32 Å². The number of hydrogen-bond donors (Lipinski definition) is 2. The molecule has 2 N–H and O–H groups in total. The lowest BCUT2D eigenvalue weighted by molar-refractivity contribution is 0.588. The van der Waals surface area contributed by atoms with Crippen molar-refractivity contribution >= 4 is 27.2 Å². The number of rotatable bonds is 6. The first-order valence-electron chi connectivity index (χ1n) is 7.12. The van der Waals surface area contributed by atoms with E-state index in [0.29, 0.717) is 5.82 Å². The van der Waals surface area contributed by atoms with Crippen molar-refractivity contribution in [2.45, 2.75) is 38.1 Å². The number of hydrogen-bond acceptors (Lipinski definition) is 5. The topological polar surface area (TPSA) is 71.1 Å². The normalized spacial score (nSPS) is 13.1. The Hall–Kier alpha value is -1.44. The summed E-state index contributed by atoms with van der Waals surface area (Å²) in [5, 5.41) is 3.30. The summed E-state index contributed by atoms with van der Waals surface area (Å²) >= 11 is 1.80. The van der Waals surface area contributed by atoms with E-state index in [1.54, 1.807) is 23.5 Å². The van der Waals surface area contributed by atoms with E-state index in [2.05, 4.69) is 41.9 Å². The van der Waals surface area contributed by atoms with E-state index in [-0.39, 0.29) is 10.9 Å². The molecule has 0 spiro atoms. The van der Waals surface area contributed by atoms with Gasteiger partial charge in [-0.05, 0) is 51.1 Å². The molecule has 7 heteroatoms. The Morgan fingerprint density at radius 1 is 1.36 bits per heavy atom. The minimum absolute atomic E-state index is 0.128. The highest BCUT2D eigenvalue weighted by atomic mass is 32.2. The summed E-state index contributed by atoms with van der Waals surface area (Å²) < 4.78 is 25.6. The zero-order chi connectivity index (χ0) is 16.3. The predicted molar refractivity (Wildman–Crippen MR) is 91.0 cm³/mol. The smallest absolute Gasteiger partial charge is 0.241 e. The van der Waals surface area contributed by atoms with Crippen LogP contribution in [0.4, 0.5) is 5.82 Å². The van der Waals surface area contributed by atoms with E-state index < -0.39 is 10.0 Å². The Morgan fingerprint density at radius 3 is 2.59 bits per heavy atom. The van der Waals surface area contributed by atoms with Gasteiger partial charge >= 0.3 is 0 Å². The predicted octanol–water partition coefficient (Wildman–Crippen LogP) is 3.10. The van der Waals surface area contributed by atoms with Crippen LogP contribution in [0, 0.1) is 6.92 Å². The lowest BCUT2D eigenvalue weighted by Gasteiger charge is -2.13. The molecule has 0 saturated heterocycles. The van der Waals surface area contributed by atoms with Gasteiger partial charge in [-0.25, -0.2) is 18.1 Å². The summed E-state index contributed by atoms with van der Waals surface area (Å²) in [6, 6.07) is 5.55. The molecule has 2 heterocycles. The fraction of sp³-hybridized carbons (Fsp3) is 0.400. The number of aromatic nitrogens is 1. The third-order valence-corrected chi connectivity index (χ3v) is 6.43. The van der Waals surface area contributed by atoms with Crippen molar-refractivity contribution in [2.24, 2.45) is 0 Å². The van der Waals surface area contributed by atoms with Crippen molar-refractivity contribution in [1.29, 1.82) is 0 Å². The Morgan fingerprint density at radius 2 is 2.09 bits per heavy atom.